The number of anilines is 1. The molecule has 0 spiro atoms. The van der Waals surface area contributed by atoms with E-state index in [1.165, 1.54) is 12.1 Å². The van der Waals surface area contributed by atoms with Crippen LogP contribution in [0.2, 0.25) is 0 Å². The summed E-state index contributed by atoms with van der Waals surface area (Å²) < 4.78 is 5.10. The van der Waals surface area contributed by atoms with Crippen LogP contribution in [0, 0.1) is 15.0 Å². The number of nitroso groups, excluding NO2 is 1. The Kier molecular flexibility index (Phi) is 4.43. The topological polar surface area (TPSA) is 146 Å². The van der Waals surface area contributed by atoms with Gasteiger partial charge in [-0.1, -0.05) is 0 Å². The summed E-state index contributed by atoms with van der Waals surface area (Å²) in [4.78, 5) is 20.9. The molecule has 2 rings (SSSR count). The lowest BCUT2D eigenvalue weighted by atomic mass is 10.0. The van der Waals surface area contributed by atoms with Crippen LogP contribution in [-0.2, 0) is 4.74 Å². The molecule has 0 aromatic heterocycles. The van der Waals surface area contributed by atoms with Crippen molar-refractivity contribution in [2.45, 2.75) is 24.5 Å². The second-order valence-electron chi connectivity index (χ2n) is 4.47. The fourth-order valence-electron chi connectivity index (χ4n) is 1.97. The zero-order valence-electron chi connectivity index (χ0n) is 10.6. The Hall–Kier alpha value is -2.14. The molecule has 114 valence electrons. The highest BCUT2D eigenvalue weighted by Crippen LogP contribution is 2.26. The van der Waals surface area contributed by atoms with E-state index in [0.29, 0.717) is 0 Å². The van der Waals surface area contributed by atoms with E-state index in [0.717, 1.165) is 17.1 Å². The number of benzene rings is 1. The number of aliphatic hydroxyl groups is 3. The lowest BCUT2D eigenvalue weighted by Crippen LogP contribution is -2.58. The van der Waals surface area contributed by atoms with Gasteiger partial charge < -0.3 is 20.1 Å². The minimum absolute atomic E-state index is 0.142. The summed E-state index contributed by atoms with van der Waals surface area (Å²) >= 11 is 0. The first kappa shape index (κ1) is 15.3. The minimum Gasteiger partial charge on any atom is -0.388 e. The molecular weight excluding hydrogens is 286 g/mol. The number of non-ortho nitro benzene ring substituents is 1. The number of aliphatic hydroxyl groups excluding tert-OH is 3. The van der Waals surface area contributed by atoms with Crippen molar-refractivity contribution in [2.75, 3.05) is 11.6 Å². The summed E-state index contributed by atoms with van der Waals surface area (Å²) in [6, 6.07) is 4.84. The molecule has 1 heterocycles. The van der Waals surface area contributed by atoms with Crippen molar-refractivity contribution in [3.63, 3.8) is 0 Å². The van der Waals surface area contributed by atoms with E-state index in [9.17, 15) is 30.3 Å². The minimum atomic E-state index is -1.57. The zero-order valence-corrected chi connectivity index (χ0v) is 10.6. The number of ether oxygens (including phenoxy) is 1. The van der Waals surface area contributed by atoms with Gasteiger partial charge in [0.15, 0.2) is 6.23 Å². The standard InChI is InChI=1S/C11H13N3O7/c15-8-5-21-11(10(17)9(8)16)13(12-18)6-1-3-7(4-2-6)14(19)20/h1-4,8-11,15-17H,5H2/t8-,9-,10-,11?/m1/s1. The number of hydrogen-bond donors (Lipinski definition) is 3. The number of nitro groups is 1. The summed E-state index contributed by atoms with van der Waals surface area (Å²) in [5.41, 5.74) is -0.0339. The summed E-state index contributed by atoms with van der Waals surface area (Å²) in [5, 5.41) is 42.8. The molecule has 1 saturated heterocycles. The highest BCUT2D eigenvalue weighted by molar-refractivity contribution is 5.50. The van der Waals surface area contributed by atoms with Gasteiger partial charge in [0.25, 0.3) is 5.69 Å². The summed E-state index contributed by atoms with van der Waals surface area (Å²) in [7, 11) is 0. The maximum Gasteiger partial charge on any atom is 0.269 e. The lowest BCUT2D eigenvalue weighted by Gasteiger charge is -2.38. The molecule has 1 aromatic rings. The normalized spacial score (nSPS) is 28.9. The number of nitrogens with zero attached hydrogens (tertiary/aromatic N) is 3. The van der Waals surface area contributed by atoms with Crippen LogP contribution in [0.25, 0.3) is 0 Å². The number of rotatable bonds is 4. The van der Waals surface area contributed by atoms with Crippen molar-refractivity contribution < 1.29 is 25.0 Å². The Balaban J connectivity index is 2.23. The first-order chi connectivity index (χ1) is 9.95. The molecule has 0 amide bonds. The van der Waals surface area contributed by atoms with Crippen molar-refractivity contribution in [2.24, 2.45) is 5.29 Å². The zero-order chi connectivity index (χ0) is 15.6. The number of nitro benzene ring substituents is 1. The summed E-state index contributed by atoms with van der Waals surface area (Å²) in [6.45, 7) is -0.290. The Morgan fingerprint density at radius 3 is 2.38 bits per heavy atom. The molecular formula is C11H13N3O7. The molecule has 1 unspecified atom stereocenters. The van der Waals surface area contributed by atoms with Gasteiger partial charge >= 0.3 is 0 Å². The predicted molar refractivity (Wildman–Crippen MR) is 69.1 cm³/mol. The summed E-state index contributed by atoms with van der Waals surface area (Å²) in [5.74, 6) is 0. The van der Waals surface area contributed by atoms with E-state index in [1.54, 1.807) is 0 Å². The Morgan fingerprint density at radius 2 is 1.86 bits per heavy atom. The molecule has 0 saturated carbocycles. The number of hydrogen-bond acceptors (Lipinski definition) is 8. The van der Waals surface area contributed by atoms with Gasteiger partial charge in [-0.3, -0.25) is 10.1 Å². The van der Waals surface area contributed by atoms with Gasteiger partial charge in [0.1, 0.15) is 18.3 Å². The molecule has 1 aliphatic rings. The van der Waals surface area contributed by atoms with Gasteiger partial charge in [-0.25, -0.2) is 0 Å². The van der Waals surface area contributed by atoms with Crippen molar-refractivity contribution >= 4 is 11.4 Å². The van der Waals surface area contributed by atoms with Crippen molar-refractivity contribution in [1.29, 1.82) is 0 Å². The van der Waals surface area contributed by atoms with Gasteiger partial charge in [-0.2, -0.15) is 5.01 Å². The van der Waals surface area contributed by atoms with E-state index < -0.39 is 29.5 Å². The average molecular weight is 299 g/mol. The third-order valence-corrected chi connectivity index (χ3v) is 3.13. The average Bonchev–Trinajstić information content (AvgIpc) is 2.48. The monoisotopic (exact) mass is 299 g/mol. The molecule has 10 nitrogen and oxygen atoms in total. The molecule has 21 heavy (non-hydrogen) atoms. The van der Waals surface area contributed by atoms with Crippen molar-refractivity contribution in [3.05, 3.63) is 39.3 Å². The molecule has 1 aromatic carbocycles. The van der Waals surface area contributed by atoms with Crippen LogP contribution < -0.4 is 5.01 Å². The van der Waals surface area contributed by atoms with Crippen LogP contribution in [0.5, 0.6) is 0 Å². The van der Waals surface area contributed by atoms with E-state index in [2.05, 4.69) is 5.29 Å². The molecule has 0 bridgehead atoms. The molecule has 0 radical (unpaired) electrons. The maximum atomic E-state index is 11.0. The molecule has 1 fully saturated rings. The van der Waals surface area contributed by atoms with Gasteiger partial charge in [0, 0.05) is 12.1 Å². The SMILES string of the molecule is O=NN(c1ccc([N+](=O)[O-])cc1)C1OC[C@@H](O)[C@@H](O)[C@H]1O. The van der Waals surface area contributed by atoms with Crippen LogP contribution in [0.3, 0.4) is 0 Å². The Morgan fingerprint density at radius 1 is 1.24 bits per heavy atom. The van der Waals surface area contributed by atoms with Crippen molar-refractivity contribution in [1.82, 2.24) is 0 Å². The molecule has 10 heteroatoms. The second kappa shape index (κ2) is 6.10. The first-order valence-corrected chi connectivity index (χ1v) is 5.98. The van der Waals surface area contributed by atoms with Gasteiger partial charge in [0.2, 0.25) is 0 Å². The summed E-state index contributed by atoms with van der Waals surface area (Å²) in [6.07, 6.45) is -5.64. The second-order valence-corrected chi connectivity index (χ2v) is 4.47. The van der Waals surface area contributed by atoms with Crippen LogP contribution in [-0.4, -0.2) is 51.4 Å². The Bertz CT molecular complexity index is 523. The largest absolute Gasteiger partial charge is 0.388 e. The van der Waals surface area contributed by atoms with Gasteiger partial charge in [0.05, 0.1) is 22.5 Å². The van der Waals surface area contributed by atoms with E-state index in [1.807, 2.05) is 0 Å². The molecule has 3 N–H and O–H groups in total. The Labute approximate surface area is 118 Å². The highest BCUT2D eigenvalue weighted by Gasteiger charge is 2.41. The fourth-order valence-corrected chi connectivity index (χ4v) is 1.97. The quantitative estimate of drug-likeness (QED) is 0.384. The third kappa shape index (κ3) is 2.97. The van der Waals surface area contributed by atoms with E-state index in [4.69, 9.17) is 4.74 Å². The van der Waals surface area contributed by atoms with Gasteiger partial charge in [-0.05, 0) is 12.1 Å². The van der Waals surface area contributed by atoms with Crippen LogP contribution in [0.1, 0.15) is 0 Å². The third-order valence-electron chi connectivity index (χ3n) is 3.13. The lowest BCUT2D eigenvalue weighted by molar-refractivity contribution is -0.384. The first-order valence-electron chi connectivity index (χ1n) is 5.98. The molecule has 4 atom stereocenters. The fraction of sp³-hybridized carbons (Fsp3) is 0.455. The maximum absolute atomic E-state index is 11.0. The van der Waals surface area contributed by atoms with Crippen LogP contribution >= 0.6 is 0 Å². The van der Waals surface area contributed by atoms with Gasteiger partial charge in [-0.15, -0.1) is 4.91 Å². The van der Waals surface area contributed by atoms with Crippen LogP contribution in [0.4, 0.5) is 11.4 Å². The van der Waals surface area contributed by atoms with E-state index in [-0.39, 0.29) is 18.0 Å². The molecule has 0 aliphatic carbocycles. The highest BCUT2D eigenvalue weighted by atomic mass is 16.6. The molecule has 1 aliphatic heterocycles. The van der Waals surface area contributed by atoms with Crippen LogP contribution in [0.15, 0.2) is 29.6 Å². The van der Waals surface area contributed by atoms with Crippen molar-refractivity contribution in [3.8, 4) is 0 Å². The predicted octanol–water partition coefficient (Wildman–Crippen LogP) is -0.478. The smallest absolute Gasteiger partial charge is 0.269 e. The van der Waals surface area contributed by atoms with E-state index >= 15 is 0 Å².